The number of methoxy groups -OCH3 is 1. The van der Waals surface area contributed by atoms with Gasteiger partial charge in [0.15, 0.2) is 0 Å². The second kappa shape index (κ2) is 9.88. The highest BCUT2D eigenvalue weighted by molar-refractivity contribution is 6.04. The minimum atomic E-state index is -0.312. The molecule has 1 aromatic heterocycles. The van der Waals surface area contributed by atoms with Crippen LogP contribution in [0, 0.1) is 5.92 Å². The molecule has 35 heavy (non-hydrogen) atoms. The number of piperidine rings is 1. The number of aromatic nitrogens is 1. The van der Waals surface area contributed by atoms with E-state index in [9.17, 15) is 14.4 Å². The van der Waals surface area contributed by atoms with Crippen molar-refractivity contribution < 1.29 is 14.3 Å². The predicted molar refractivity (Wildman–Crippen MR) is 134 cm³/mol. The molecule has 2 amide bonds. The van der Waals surface area contributed by atoms with Crippen molar-refractivity contribution in [1.82, 2.24) is 9.47 Å². The van der Waals surface area contributed by atoms with Gasteiger partial charge in [0, 0.05) is 43.9 Å². The molecule has 0 spiro atoms. The summed E-state index contributed by atoms with van der Waals surface area (Å²) < 4.78 is 6.83. The summed E-state index contributed by atoms with van der Waals surface area (Å²) in [6, 6.07) is 20.9. The smallest absolute Gasteiger partial charge is 0.274 e. The quantitative estimate of drug-likeness (QED) is 0.594. The zero-order valence-corrected chi connectivity index (χ0v) is 19.8. The van der Waals surface area contributed by atoms with Gasteiger partial charge in [0.1, 0.15) is 5.69 Å². The van der Waals surface area contributed by atoms with Gasteiger partial charge >= 0.3 is 0 Å². The number of nitrogens with zero attached hydrogens (tertiary/aromatic N) is 2. The van der Waals surface area contributed by atoms with Crippen LogP contribution in [0.4, 0.5) is 5.69 Å². The molecule has 2 unspecified atom stereocenters. The summed E-state index contributed by atoms with van der Waals surface area (Å²) in [6.07, 6.45) is 1.34. The van der Waals surface area contributed by atoms with Gasteiger partial charge in [0.25, 0.3) is 11.5 Å². The summed E-state index contributed by atoms with van der Waals surface area (Å²) in [5.41, 5.74) is 3.62. The lowest BCUT2D eigenvalue weighted by atomic mass is 9.83. The maximum atomic E-state index is 13.3. The summed E-state index contributed by atoms with van der Waals surface area (Å²) in [7, 11) is 1.59. The molecule has 0 saturated carbocycles. The number of pyridine rings is 1. The van der Waals surface area contributed by atoms with Gasteiger partial charge in [0.05, 0.1) is 13.0 Å². The van der Waals surface area contributed by atoms with E-state index in [-0.39, 0.29) is 34.9 Å². The number of carbonyl (C=O) groups excluding carboxylic acids is 2. The third-order valence-electron chi connectivity index (χ3n) is 6.98. The molecule has 2 bridgehead atoms. The Labute approximate surface area is 204 Å². The molecule has 2 aromatic carbocycles. The zero-order valence-electron chi connectivity index (χ0n) is 19.8. The Balaban J connectivity index is 1.31. The van der Waals surface area contributed by atoms with Crippen molar-refractivity contribution >= 4 is 17.5 Å². The topological polar surface area (TPSA) is 80.6 Å². The fourth-order valence-electron chi connectivity index (χ4n) is 5.23. The van der Waals surface area contributed by atoms with Crippen molar-refractivity contribution in [2.75, 3.05) is 32.1 Å². The van der Waals surface area contributed by atoms with Crippen LogP contribution >= 0.6 is 0 Å². The van der Waals surface area contributed by atoms with Gasteiger partial charge in [-0.25, -0.2) is 0 Å². The summed E-state index contributed by atoms with van der Waals surface area (Å²) in [6.45, 7) is 2.22. The highest BCUT2D eigenvalue weighted by atomic mass is 16.5. The SMILES string of the molecule is COCCC(=O)N1CC2CC(C1)c1ccc(NC(=O)c3ccc(-c4ccccc4)cc3)c(=O)n1C2. The van der Waals surface area contributed by atoms with Crippen LogP contribution in [0.25, 0.3) is 11.1 Å². The monoisotopic (exact) mass is 471 g/mol. The normalized spacial score (nSPS) is 18.6. The zero-order chi connectivity index (χ0) is 24.4. The second-order valence-corrected chi connectivity index (χ2v) is 9.33. The highest BCUT2D eigenvalue weighted by Crippen LogP contribution is 2.35. The van der Waals surface area contributed by atoms with E-state index >= 15 is 0 Å². The van der Waals surface area contributed by atoms with Gasteiger partial charge in [-0.2, -0.15) is 0 Å². The first-order chi connectivity index (χ1) is 17.0. The van der Waals surface area contributed by atoms with E-state index in [2.05, 4.69) is 5.32 Å². The Morgan fingerprint density at radius 1 is 0.943 bits per heavy atom. The fraction of sp³-hybridized carbons (Fsp3) is 0.321. The average Bonchev–Trinajstić information content (AvgIpc) is 2.89. The Bertz CT molecular complexity index is 1280. The lowest BCUT2D eigenvalue weighted by molar-refractivity contribution is -0.134. The molecule has 7 heteroatoms. The van der Waals surface area contributed by atoms with Crippen molar-refractivity contribution in [3.8, 4) is 11.1 Å². The molecular formula is C28H29N3O4. The van der Waals surface area contributed by atoms with E-state index in [0.717, 1.165) is 23.2 Å². The minimum absolute atomic E-state index is 0.0968. The number of nitrogens with one attached hydrogen (secondary N) is 1. The third-order valence-corrected chi connectivity index (χ3v) is 6.98. The number of benzene rings is 2. The first-order valence-corrected chi connectivity index (χ1v) is 12.0. The van der Waals surface area contributed by atoms with E-state index in [4.69, 9.17) is 4.74 Å². The minimum Gasteiger partial charge on any atom is -0.384 e. The van der Waals surface area contributed by atoms with Crippen molar-refractivity contribution in [3.05, 3.63) is 88.3 Å². The number of hydrogen-bond acceptors (Lipinski definition) is 4. The third kappa shape index (κ3) is 4.77. The van der Waals surface area contributed by atoms with Crippen LogP contribution < -0.4 is 10.9 Å². The predicted octanol–water partition coefficient (Wildman–Crippen LogP) is 3.75. The van der Waals surface area contributed by atoms with Crippen molar-refractivity contribution in [3.63, 3.8) is 0 Å². The van der Waals surface area contributed by atoms with Crippen LogP contribution in [0.2, 0.25) is 0 Å². The summed E-state index contributed by atoms with van der Waals surface area (Å²) in [5.74, 6) is 0.131. The lowest BCUT2D eigenvalue weighted by Gasteiger charge is -2.43. The molecular weight excluding hydrogens is 442 g/mol. The van der Waals surface area contributed by atoms with Crippen LogP contribution in [-0.2, 0) is 16.1 Å². The molecule has 5 rings (SSSR count). The maximum absolute atomic E-state index is 13.3. The number of hydrogen-bond donors (Lipinski definition) is 1. The van der Waals surface area contributed by atoms with Gasteiger partial charge in [-0.15, -0.1) is 0 Å². The number of rotatable bonds is 6. The van der Waals surface area contributed by atoms with Crippen LogP contribution in [0.1, 0.15) is 34.8 Å². The molecule has 2 aliphatic rings. The van der Waals surface area contributed by atoms with Crippen molar-refractivity contribution in [1.29, 1.82) is 0 Å². The number of amides is 2. The van der Waals surface area contributed by atoms with Crippen LogP contribution in [-0.4, -0.2) is 48.1 Å². The molecule has 1 N–H and O–H groups in total. The Morgan fingerprint density at radius 3 is 2.43 bits per heavy atom. The molecule has 7 nitrogen and oxygen atoms in total. The van der Waals surface area contributed by atoms with Gasteiger partial charge in [-0.05, 0) is 47.7 Å². The molecule has 3 aromatic rings. The standard InChI is InChI=1S/C28H29N3O4/c1-35-14-13-26(32)30-16-19-15-23(18-30)25-12-11-24(28(34)31(25)17-19)29-27(33)22-9-7-21(8-10-22)20-5-3-2-4-6-20/h2-12,19,23H,13-18H2,1H3,(H,29,33). The molecule has 1 fully saturated rings. The number of carbonyl (C=O) groups is 2. The van der Waals surface area contributed by atoms with E-state index in [1.165, 1.54) is 0 Å². The largest absolute Gasteiger partial charge is 0.384 e. The van der Waals surface area contributed by atoms with Crippen molar-refractivity contribution in [2.24, 2.45) is 5.92 Å². The van der Waals surface area contributed by atoms with E-state index in [1.807, 2.05) is 53.4 Å². The molecule has 2 atom stereocenters. The van der Waals surface area contributed by atoms with Crippen LogP contribution in [0.3, 0.4) is 0 Å². The Kier molecular flexibility index (Phi) is 6.51. The first-order valence-electron chi connectivity index (χ1n) is 12.0. The van der Waals surface area contributed by atoms with Gasteiger partial charge < -0.3 is 19.5 Å². The fourth-order valence-corrected chi connectivity index (χ4v) is 5.23. The van der Waals surface area contributed by atoms with Crippen LogP contribution in [0.15, 0.2) is 71.5 Å². The maximum Gasteiger partial charge on any atom is 0.274 e. The van der Waals surface area contributed by atoms with E-state index in [1.54, 1.807) is 29.9 Å². The average molecular weight is 472 g/mol. The number of ether oxygens (including phenoxy) is 1. The molecule has 180 valence electrons. The number of likely N-dealkylation sites (tertiary alicyclic amines) is 1. The van der Waals surface area contributed by atoms with Gasteiger partial charge in [-0.1, -0.05) is 42.5 Å². The summed E-state index contributed by atoms with van der Waals surface area (Å²) >= 11 is 0. The highest BCUT2D eigenvalue weighted by Gasteiger charge is 2.36. The van der Waals surface area contributed by atoms with Gasteiger partial charge in [0.2, 0.25) is 5.91 Å². The summed E-state index contributed by atoms with van der Waals surface area (Å²) in [4.78, 5) is 40.5. The Morgan fingerprint density at radius 2 is 1.69 bits per heavy atom. The lowest BCUT2D eigenvalue weighted by Crippen LogP contribution is -2.49. The van der Waals surface area contributed by atoms with Gasteiger partial charge in [-0.3, -0.25) is 14.4 Å². The van der Waals surface area contributed by atoms with Crippen LogP contribution in [0.5, 0.6) is 0 Å². The number of fused-ring (bicyclic) bond motifs is 4. The molecule has 3 heterocycles. The molecule has 2 aliphatic heterocycles. The van der Waals surface area contributed by atoms with E-state index < -0.39 is 0 Å². The first kappa shape index (κ1) is 23.1. The molecule has 0 radical (unpaired) electrons. The molecule has 1 saturated heterocycles. The number of anilines is 1. The Hall–Kier alpha value is -3.71. The molecule has 0 aliphatic carbocycles. The summed E-state index contributed by atoms with van der Waals surface area (Å²) in [5, 5.41) is 2.80. The van der Waals surface area contributed by atoms with Crippen molar-refractivity contribution in [2.45, 2.75) is 25.3 Å². The van der Waals surface area contributed by atoms with E-state index in [0.29, 0.717) is 38.2 Å². The second-order valence-electron chi connectivity index (χ2n) is 9.33.